The maximum Gasteiger partial charge on any atom is 0.226 e. The van der Waals surface area contributed by atoms with Gasteiger partial charge in [0.1, 0.15) is 5.75 Å². The zero-order valence-electron chi connectivity index (χ0n) is 14.1. The average molecular weight is 329 g/mol. The molecule has 2 heterocycles. The first kappa shape index (κ1) is 16.5. The Morgan fingerprint density at radius 2 is 2.21 bits per heavy atom. The van der Waals surface area contributed by atoms with Crippen LogP contribution in [0.4, 0.5) is 0 Å². The van der Waals surface area contributed by atoms with E-state index in [9.17, 15) is 4.79 Å². The van der Waals surface area contributed by atoms with E-state index in [0.29, 0.717) is 37.6 Å². The molecule has 3 rings (SSSR count). The molecule has 2 aromatic rings. The smallest absolute Gasteiger partial charge is 0.226 e. The van der Waals surface area contributed by atoms with E-state index in [1.807, 2.05) is 38.1 Å². The molecular formula is C18H23N3O3. The molecule has 1 aromatic heterocycles. The fraction of sp³-hybridized carbons (Fsp3) is 0.500. The molecule has 0 spiro atoms. The summed E-state index contributed by atoms with van der Waals surface area (Å²) in [6.45, 7) is 4.67. The van der Waals surface area contributed by atoms with Crippen molar-refractivity contribution in [2.75, 3.05) is 6.61 Å². The second kappa shape index (κ2) is 7.47. The Balaban J connectivity index is 1.48. The molecule has 6 heteroatoms. The third-order valence-corrected chi connectivity index (χ3v) is 4.09. The number of ether oxygens (including phenoxy) is 1. The molecule has 6 nitrogen and oxygen atoms in total. The molecule has 0 unspecified atom stereocenters. The Morgan fingerprint density at radius 3 is 3.00 bits per heavy atom. The van der Waals surface area contributed by atoms with E-state index in [1.54, 1.807) is 0 Å². The summed E-state index contributed by atoms with van der Waals surface area (Å²) in [6.07, 6.45) is 2.55. The third-order valence-electron chi connectivity index (χ3n) is 4.09. The van der Waals surface area contributed by atoms with E-state index in [-0.39, 0.29) is 17.9 Å². The quantitative estimate of drug-likeness (QED) is 0.881. The SMILES string of the molecule is CC(C)c1noc(CCCC(=O)N[C@H]2CCOc3ccccc32)n1. The van der Waals surface area contributed by atoms with Crippen molar-refractivity contribution in [1.82, 2.24) is 15.5 Å². The fourth-order valence-electron chi connectivity index (χ4n) is 2.76. The van der Waals surface area contributed by atoms with E-state index in [0.717, 1.165) is 17.7 Å². The predicted molar refractivity (Wildman–Crippen MR) is 88.8 cm³/mol. The van der Waals surface area contributed by atoms with Crippen LogP contribution in [0.25, 0.3) is 0 Å². The van der Waals surface area contributed by atoms with E-state index in [2.05, 4.69) is 15.5 Å². The van der Waals surface area contributed by atoms with Gasteiger partial charge in [-0.05, 0) is 12.5 Å². The highest BCUT2D eigenvalue weighted by molar-refractivity contribution is 5.76. The lowest BCUT2D eigenvalue weighted by Crippen LogP contribution is -2.32. The summed E-state index contributed by atoms with van der Waals surface area (Å²) in [6, 6.07) is 7.88. The van der Waals surface area contributed by atoms with Gasteiger partial charge in [-0.25, -0.2) is 0 Å². The van der Waals surface area contributed by atoms with Gasteiger partial charge in [0.2, 0.25) is 11.8 Å². The van der Waals surface area contributed by atoms with E-state index in [4.69, 9.17) is 9.26 Å². The maximum atomic E-state index is 12.2. The van der Waals surface area contributed by atoms with Crippen LogP contribution in [0.2, 0.25) is 0 Å². The highest BCUT2D eigenvalue weighted by Gasteiger charge is 2.22. The van der Waals surface area contributed by atoms with Crippen molar-refractivity contribution in [3.05, 3.63) is 41.5 Å². The monoisotopic (exact) mass is 329 g/mol. The number of nitrogens with one attached hydrogen (secondary N) is 1. The number of fused-ring (bicyclic) bond motifs is 1. The molecule has 0 aliphatic carbocycles. The molecule has 1 aliphatic heterocycles. The molecule has 1 N–H and O–H groups in total. The van der Waals surface area contributed by atoms with Crippen LogP contribution in [0.15, 0.2) is 28.8 Å². The van der Waals surface area contributed by atoms with Gasteiger partial charge in [0.05, 0.1) is 12.6 Å². The Bertz CT molecular complexity index is 696. The molecule has 1 aliphatic rings. The fourth-order valence-corrected chi connectivity index (χ4v) is 2.76. The zero-order valence-corrected chi connectivity index (χ0v) is 14.1. The highest BCUT2D eigenvalue weighted by atomic mass is 16.5. The number of aromatic nitrogens is 2. The number of amides is 1. The first-order valence-corrected chi connectivity index (χ1v) is 8.47. The van der Waals surface area contributed by atoms with Gasteiger partial charge < -0.3 is 14.6 Å². The van der Waals surface area contributed by atoms with Gasteiger partial charge in [0.25, 0.3) is 0 Å². The number of benzene rings is 1. The van der Waals surface area contributed by atoms with Gasteiger partial charge in [-0.2, -0.15) is 4.98 Å². The van der Waals surface area contributed by atoms with E-state index < -0.39 is 0 Å². The number of carbonyl (C=O) groups is 1. The van der Waals surface area contributed by atoms with Crippen molar-refractivity contribution in [2.24, 2.45) is 0 Å². The van der Waals surface area contributed by atoms with Crippen LogP contribution in [0.5, 0.6) is 5.75 Å². The minimum Gasteiger partial charge on any atom is -0.493 e. The molecule has 128 valence electrons. The van der Waals surface area contributed by atoms with Crippen molar-refractivity contribution < 1.29 is 14.1 Å². The summed E-state index contributed by atoms with van der Waals surface area (Å²) >= 11 is 0. The van der Waals surface area contributed by atoms with Gasteiger partial charge >= 0.3 is 0 Å². The Morgan fingerprint density at radius 1 is 1.38 bits per heavy atom. The van der Waals surface area contributed by atoms with Gasteiger partial charge in [-0.15, -0.1) is 0 Å². The second-order valence-electron chi connectivity index (χ2n) is 6.35. The van der Waals surface area contributed by atoms with Gasteiger partial charge in [0, 0.05) is 30.7 Å². The Labute approximate surface area is 141 Å². The number of carbonyl (C=O) groups excluding carboxylic acids is 1. The molecule has 0 saturated heterocycles. The van der Waals surface area contributed by atoms with E-state index in [1.165, 1.54) is 0 Å². The minimum absolute atomic E-state index is 0.0263. The summed E-state index contributed by atoms with van der Waals surface area (Å²) in [7, 11) is 0. The summed E-state index contributed by atoms with van der Waals surface area (Å²) < 4.78 is 10.8. The molecule has 0 radical (unpaired) electrons. The second-order valence-corrected chi connectivity index (χ2v) is 6.35. The maximum absolute atomic E-state index is 12.2. The lowest BCUT2D eigenvalue weighted by Gasteiger charge is -2.26. The lowest BCUT2D eigenvalue weighted by atomic mass is 10.0. The number of hydrogen-bond donors (Lipinski definition) is 1. The standard InChI is InChI=1S/C18H23N3O3/c1-12(2)18-20-17(24-21-18)9-5-8-16(22)19-14-10-11-23-15-7-4-3-6-13(14)15/h3-4,6-7,12,14H,5,8-11H2,1-2H3,(H,19,22)/t14-/m0/s1. The largest absolute Gasteiger partial charge is 0.493 e. The van der Waals surface area contributed by atoms with Gasteiger partial charge in [-0.1, -0.05) is 37.2 Å². The van der Waals surface area contributed by atoms with Crippen LogP contribution in [0.3, 0.4) is 0 Å². The van der Waals surface area contributed by atoms with E-state index >= 15 is 0 Å². The van der Waals surface area contributed by atoms with Crippen molar-refractivity contribution in [2.45, 2.75) is 51.5 Å². The van der Waals surface area contributed by atoms with Crippen LogP contribution in [-0.2, 0) is 11.2 Å². The summed E-state index contributed by atoms with van der Waals surface area (Å²) in [4.78, 5) is 16.5. The molecule has 24 heavy (non-hydrogen) atoms. The normalized spacial score (nSPS) is 16.5. The predicted octanol–water partition coefficient (Wildman–Crippen LogP) is 3.16. The Kier molecular flexibility index (Phi) is 5.13. The highest BCUT2D eigenvalue weighted by Crippen LogP contribution is 2.31. The van der Waals surface area contributed by atoms with Crippen LogP contribution in [-0.4, -0.2) is 22.7 Å². The van der Waals surface area contributed by atoms with Gasteiger partial charge in [-0.3, -0.25) is 4.79 Å². The number of para-hydroxylation sites is 1. The third kappa shape index (κ3) is 3.93. The number of aryl methyl sites for hydroxylation is 1. The molecule has 0 fully saturated rings. The summed E-state index contributed by atoms with van der Waals surface area (Å²) in [5.41, 5.74) is 1.05. The van der Waals surface area contributed by atoms with Crippen LogP contribution in [0.1, 0.15) is 62.3 Å². The van der Waals surface area contributed by atoms with Crippen molar-refractivity contribution in [1.29, 1.82) is 0 Å². The van der Waals surface area contributed by atoms with Crippen molar-refractivity contribution >= 4 is 5.91 Å². The number of nitrogens with zero attached hydrogens (tertiary/aromatic N) is 2. The van der Waals surface area contributed by atoms with Crippen LogP contribution in [0, 0.1) is 0 Å². The average Bonchev–Trinajstić information content (AvgIpc) is 3.04. The van der Waals surface area contributed by atoms with Crippen LogP contribution < -0.4 is 10.1 Å². The first-order chi connectivity index (χ1) is 11.6. The number of hydrogen-bond acceptors (Lipinski definition) is 5. The van der Waals surface area contributed by atoms with Gasteiger partial charge in [0.15, 0.2) is 5.82 Å². The topological polar surface area (TPSA) is 77.2 Å². The molecule has 1 amide bonds. The molecule has 1 atom stereocenters. The minimum atomic E-state index is 0.0263. The Hall–Kier alpha value is -2.37. The molecule has 0 bridgehead atoms. The first-order valence-electron chi connectivity index (χ1n) is 8.47. The summed E-state index contributed by atoms with van der Waals surface area (Å²) in [5, 5.41) is 7.03. The zero-order chi connectivity index (χ0) is 16.9. The van der Waals surface area contributed by atoms with Crippen molar-refractivity contribution in [3.8, 4) is 5.75 Å². The van der Waals surface area contributed by atoms with Crippen LogP contribution >= 0.6 is 0 Å². The molecule has 1 aromatic carbocycles. The molecule has 0 saturated carbocycles. The van der Waals surface area contributed by atoms with Crippen molar-refractivity contribution in [3.63, 3.8) is 0 Å². The summed E-state index contributed by atoms with van der Waals surface area (Å²) in [5.74, 6) is 2.47. The molecular weight excluding hydrogens is 306 g/mol. The number of rotatable bonds is 6. The lowest BCUT2D eigenvalue weighted by molar-refractivity contribution is -0.122.